The second-order valence-electron chi connectivity index (χ2n) is 6.64. The number of hydrogen-bond acceptors (Lipinski definition) is 4. The summed E-state index contributed by atoms with van der Waals surface area (Å²) in [5.41, 5.74) is 6.29. The van der Waals surface area contributed by atoms with Crippen LogP contribution in [0.25, 0.3) is 16.8 Å². The van der Waals surface area contributed by atoms with E-state index in [2.05, 4.69) is 16.2 Å². The molecule has 0 spiro atoms. The van der Waals surface area contributed by atoms with Crippen LogP contribution in [0.1, 0.15) is 29.3 Å². The molecule has 0 radical (unpaired) electrons. The molecule has 3 rings (SSSR count). The molecule has 3 aromatic carbocycles. The molecule has 3 aromatic rings. The Balaban J connectivity index is 1.54. The molecule has 0 saturated heterocycles. The summed E-state index contributed by atoms with van der Waals surface area (Å²) >= 11 is 5.09. The van der Waals surface area contributed by atoms with E-state index in [-0.39, 0.29) is 5.11 Å². The summed E-state index contributed by atoms with van der Waals surface area (Å²) in [5, 5.41) is 4.62. The summed E-state index contributed by atoms with van der Waals surface area (Å²) in [5.74, 6) is -0.349. The fourth-order valence-electron chi connectivity index (χ4n) is 2.92. The topological polar surface area (TPSA) is 79.5 Å². The van der Waals surface area contributed by atoms with E-state index in [1.807, 2.05) is 49.4 Å². The Labute approximate surface area is 186 Å². The molecule has 0 aliphatic heterocycles. The van der Waals surface area contributed by atoms with Crippen LogP contribution in [0.2, 0.25) is 0 Å². The van der Waals surface area contributed by atoms with Gasteiger partial charge in [-0.15, -0.1) is 0 Å². The Hall–Kier alpha value is -3.71. The molecule has 0 aliphatic rings. The summed E-state index contributed by atoms with van der Waals surface area (Å²) in [4.78, 5) is 24.6. The van der Waals surface area contributed by atoms with Crippen molar-refractivity contribution in [2.24, 2.45) is 0 Å². The molecule has 3 N–H and O–H groups in total. The number of nitrogens with one attached hydrogen (secondary N) is 3. The van der Waals surface area contributed by atoms with Crippen LogP contribution in [0.4, 0.5) is 0 Å². The van der Waals surface area contributed by atoms with Crippen LogP contribution in [0, 0.1) is 0 Å². The van der Waals surface area contributed by atoms with E-state index in [1.54, 1.807) is 30.3 Å². The fraction of sp³-hybridized carbons (Fsp3) is 0.125. The Morgan fingerprint density at radius 2 is 1.71 bits per heavy atom. The molecule has 0 heterocycles. The maximum Gasteiger partial charge on any atom is 0.273 e. The van der Waals surface area contributed by atoms with E-state index in [9.17, 15) is 9.59 Å². The van der Waals surface area contributed by atoms with Crippen molar-refractivity contribution in [3.05, 3.63) is 83.9 Å². The van der Waals surface area contributed by atoms with E-state index in [0.717, 1.165) is 22.8 Å². The lowest BCUT2D eigenvalue weighted by atomic mass is 10.0. The van der Waals surface area contributed by atoms with Crippen molar-refractivity contribution in [1.29, 1.82) is 0 Å². The predicted molar refractivity (Wildman–Crippen MR) is 127 cm³/mol. The average Bonchev–Trinajstić information content (AvgIpc) is 2.80. The quantitative estimate of drug-likeness (QED) is 0.311. The molecule has 6 nitrogen and oxygen atoms in total. The van der Waals surface area contributed by atoms with Crippen molar-refractivity contribution >= 4 is 46.0 Å². The first-order chi connectivity index (χ1) is 15.1. The molecule has 2 amide bonds. The molecule has 31 heavy (non-hydrogen) atoms. The van der Waals surface area contributed by atoms with Gasteiger partial charge in [-0.05, 0) is 53.2 Å². The number of para-hydroxylation sites is 1. The van der Waals surface area contributed by atoms with Gasteiger partial charge in [0.2, 0.25) is 5.91 Å². The van der Waals surface area contributed by atoms with Crippen LogP contribution in [0.5, 0.6) is 5.75 Å². The van der Waals surface area contributed by atoms with Gasteiger partial charge < -0.3 is 4.74 Å². The fourth-order valence-corrected chi connectivity index (χ4v) is 3.07. The number of hydrogen-bond donors (Lipinski definition) is 3. The van der Waals surface area contributed by atoms with E-state index in [0.29, 0.717) is 17.9 Å². The first kappa shape index (κ1) is 22.0. The molecule has 0 aromatic heterocycles. The second-order valence-corrected chi connectivity index (χ2v) is 7.05. The highest BCUT2D eigenvalue weighted by Crippen LogP contribution is 2.19. The largest absolute Gasteiger partial charge is 0.493 e. The molecule has 0 atom stereocenters. The van der Waals surface area contributed by atoms with Crippen molar-refractivity contribution in [1.82, 2.24) is 16.2 Å². The molecular formula is C24H23N3O3S. The minimum Gasteiger partial charge on any atom is -0.493 e. The van der Waals surface area contributed by atoms with E-state index >= 15 is 0 Å². The monoisotopic (exact) mass is 433 g/mol. The van der Waals surface area contributed by atoms with Gasteiger partial charge in [0.05, 0.1) is 12.2 Å². The molecule has 0 aliphatic carbocycles. The number of ether oxygens (including phenoxy) is 1. The van der Waals surface area contributed by atoms with Crippen LogP contribution in [-0.4, -0.2) is 23.5 Å². The predicted octanol–water partition coefficient (Wildman–Crippen LogP) is 3.98. The highest BCUT2D eigenvalue weighted by molar-refractivity contribution is 7.80. The summed E-state index contributed by atoms with van der Waals surface area (Å²) < 4.78 is 5.58. The number of carbonyl (C=O) groups excluding carboxylic acids is 2. The van der Waals surface area contributed by atoms with Gasteiger partial charge in [-0.3, -0.25) is 25.8 Å². The first-order valence-corrected chi connectivity index (χ1v) is 10.3. The third-order valence-electron chi connectivity index (χ3n) is 4.36. The normalized spacial score (nSPS) is 10.6. The number of carbonyl (C=O) groups is 2. The van der Waals surface area contributed by atoms with Crippen LogP contribution < -0.4 is 20.9 Å². The molecule has 0 unspecified atom stereocenters. The standard InChI is InChI=1S/C24H23N3O3S/c1-2-16-30-21-13-6-5-12-20(21)23(29)26-27-24(31)25-22(28)15-14-18-10-7-9-17-8-3-4-11-19(17)18/h3-15H,2,16H2,1H3,(H,26,29)(H2,25,27,28,31). The second kappa shape index (κ2) is 10.9. The van der Waals surface area contributed by atoms with E-state index < -0.39 is 11.8 Å². The molecule has 0 fully saturated rings. The number of amides is 2. The third kappa shape index (κ3) is 6.13. The molecule has 0 bridgehead atoms. The lowest BCUT2D eigenvalue weighted by Crippen LogP contribution is -2.48. The highest BCUT2D eigenvalue weighted by atomic mass is 32.1. The SMILES string of the molecule is CCCOc1ccccc1C(=O)NNC(=S)NC(=O)C=Cc1cccc2ccccc12. The van der Waals surface area contributed by atoms with Crippen molar-refractivity contribution < 1.29 is 14.3 Å². The molecule has 158 valence electrons. The van der Waals surface area contributed by atoms with E-state index in [4.69, 9.17) is 17.0 Å². The van der Waals surface area contributed by atoms with Crippen molar-refractivity contribution in [2.75, 3.05) is 6.61 Å². The number of benzene rings is 3. The van der Waals surface area contributed by atoms with E-state index in [1.165, 1.54) is 6.08 Å². The van der Waals surface area contributed by atoms with Crippen molar-refractivity contribution in [2.45, 2.75) is 13.3 Å². The van der Waals surface area contributed by atoms with Gasteiger partial charge in [0.25, 0.3) is 5.91 Å². The Morgan fingerprint density at radius 1 is 0.968 bits per heavy atom. The Morgan fingerprint density at radius 3 is 2.55 bits per heavy atom. The van der Waals surface area contributed by atoms with Gasteiger partial charge in [0, 0.05) is 6.08 Å². The third-order valence-corrected chi connectivity index (χ3v) is 4.56. The van der Waals surface area contributed by atoms with Crippen molar-refractivity contribution in [3.63, 3.8) is 0 Å². The number of rotatable bonds is 6. The minimum absolute atomic E-state index is 0.0205. The molecule has 0 saturated carbocycles. The summed E-state index contributed by atoms with van der Waals surface area (Å²) in [6.45, 7) is 2.50. The maximum atomic E-state index is 12.4. The first-order valence-electron chi connectivity index (χ1n) is 9.87. The van der Waals surface area contributed by atoms with Gasteiger partial charge in [-0.2, -0.15) is 0 Å². The maximum absolute atomic E-state index is 12.4. The van der Waals surface area contributed by atoms with Gasteiger partial charge in [0.15, 0.2) is 5.11 Å². The number of hydrazine groups is 1. The van der Waals surface area contributed by atoms with Gasteiger partial charge in [-0.25, -0.2) is 0 Å². The highest BCUT2D eigenvalue weighted by Gasteiger charge is 2.12. The van der Waals surface area contributed by atoms with Crippen LogP contribution in [-0.2, 0) is 4.79 Å². The lowest BCUT2D eigenvalue weighted by Gasteiger charge is -2.13. The zero-order valence-corrected chi connectivity index (χ0v) is 17.9. The minimum atomic E-state index is -0.422. The summed E-state index contributed by atoms with van der Waals surface area (Å²) in [6.07, 6.45) is 3.95. The summed E-state index contributed by atoms with van der Waals surface area (Å²) in [7, 11) is 0. The molecule has 7 heteroatoms. The zero-order valence-electron chi connectivity index (χ0n) is 17.1. The lowest BCUT2D eigenvalue weighted by molar-refractivity contribution is -0.115. The number of fused-ring (bicyclic) bond motifs is 1. The zero-order chi connectivity index (χ0) is 22.1. The van der Waals surface area contributed by atoms with Crippen molar-refractivity contribution in [3.8, 4) is 5.75 Å². The van der Waals surface area contributed by atoms with Gasteiger partial charge >= 0.3 is 0 Å². The number of thiocarbonyl (C=S) groups is 1. The summed E-state index contributed by atoms with van der Waals surface area (Å²) in [6, 6.07) is 20.7. The Kier molecular flexibility index (Phi) is 7.73. The van der Waals surface area contributed by atoms with Gasteiger partial charge in [0.1, 0.15) is 5.75 Å². The smallest absolute Gasteiger partial charge is 0.273 e. The van der Waals surface area contributed by atoms with Crippen LogP contribution in [0.15, 0.2) is 72.8 Å². The molecular weight excluding hydrogens is 410 g/mol. The van der Waals surface area contributed by atoms with Crippen LogP contribution >= 0.6 is 12.2 Å². The Bertz CT molecular complexity index is 1120. The average molecular weight is 434 g/mol. The van der Waals surface area contributed by atoms with Gasteiger partial charge in [-0.1, -0.05) is 61.5 Å². The van der Waals surface area contributed by atoms with Crippen LogP contribution in [0.3, 0.4) is 0 Å².